The molecule has 0 saturated carbocycles. The van der Waals surface area contributed by atoms with Crippen LogP contribution in [0.4, 0.5) is 0 Å². The second-order valence-electron chi connectivity index (χ2n) is 3.78. The van der Waals surface area contributed by atoms with Gasteiger partial charge >= 0.3 is 0 Å². The van der Waals surface area contributed by atoms with Gasteiger partial charge in [0.2, 0.25) is 0 Å². The third-order valence-corrected chi connectivity index (χ3v) is 4.46. The molecule has 1 atom stereocenters. The third kappa shape index (κ3) is 2.27. The molecule has 0 bridgehead atoms. The van der Waals surface area contributed by atoms with Gasteiger partial charge in [0, 0.05) is 5.39 Å². The first-order chi connectivity index (χ1) is 7.30. The van der Waals surface area contributed by atoms with Crippen LogP contribution in [0.2, 0.25) is 0 Å². The predicted molar refractivity (Wildman–Crippen MR) is 83.5 cm³/mol. The van der Waals surface area contributed by atoms with Crippen molar-refractivity contribution in [3.63, 3.8) is 0 Å². The van der Waals surface area contributed by atoms with Crippen LogP contribution in [-0.2, 0) is 2.14 Å². The Morgan fingerprint density at radius 2 is 1.75 bits per heavy atom. The molecule has 0 spiro atoms. The van der Waals surface area contributed by atoms with E-state index in [1.807, 2.05) is 6.07 Å². The van der Waals surface area contributed by atoms with Crippen molar-refractivity contribution in [1.82, 2.24) is 0 Å². The van der Waals surface area contributed by atoms with Crippen LogP contribution < -0.4 is 5.30 Å². The quantitative estimate of drug-likeness (QED) is 0.432. The van der Waals surface area contributed by atoms with Gasteiger partial charge in [-0.25, -0.2) is 0 Å². The van der Waals surface area contributed by atoms with Gasteiger partial charge in [0.1, 0.15) is 11.3 Å². The van der Waals surface area contributed by atoms with E-state index in [2.05, 4.69) is 76.9 Å². The Morgan fingerprint density at radius 1 is 1.12 bits per heavy atom. The molecule has 16 heavy (non-hydrogen) atoms. The number of hydrogen-bond acceptors (Lipinski definition) is 1. The average Bonchev–Trinajstić information content (AvgIpc) is 2.58. The molecule has 5 heteroatoms. The van der Waals surface area contributed by atoms with E-state index in [-0.39, 0.29) is 0 Å². The smallest absolute Gasteiger partial charge is 0.192 e. The van der Waals surface area contributed by atoms with Crippen LogP contribution in [0.15, 0.2) is 16.5 Å². The Kier molecular flexibility index (Phi) is 3.58. The number of aryl methyl sites for hydroxylation is 2. The van der Waals surface area contributed by atoms with E-state index in [1.165, 1.54) is 10.9 Å². The normalized spacial score (nSPS) is 12.4. The second kappa shape index (κ2) is 4.38. The number of alkyl halides is 3. The van der Waals surface area contributed by atoms with Crippen molar-refractivity contribution in [2.75, 3.05) is 0 Å². The molecule has 2 aromatic rings. The van der Waals surface area contributed by atoms with E-state index in [0.29, 0.717) is 0 Å². The monoisotopic (exact) mass is 426 g/mol. The lowest BCUT2D eigenvalue weighted by molar-refractivity contribution is 0.567. The summed E-state index contributed by atoms with van der Waals surface area (Å²) in [4.78, 5) is 0. The molecule has 0 saturated heterocycles. The lowest BCUT2D eigenvalue weighted by Crippen LogP contribution is -1.98. The molecule has 0 aliphatic heterocycles. The Hall–Kier alpha value is 0.630. The standard InChI is InChI=1S/C11H10Br3OP/c1-5-3-6(2)10(16)7-4-8(11(12,13)14)15-9(5)7/h3-4H,16H2,1-2H3. The van der Waals surface area contributed by atoms with Gasteiger partial charge in [-0.05, 0) is 36.3 Å². The van der Waals surface area contributed by atoms with E-state index in [0.717, 1.165) is 22.3 Å². The molecule has 0 amide bonds. The maximum absolute atomic E-state index is 5.85. The minimum Gasteiger partial charge on any atom is -0.457 e. The van der Waals surface area contributed by atoms with Gasteiger partial charge in [-0.3, -0.25) is 0 Å². The van der Waals surface area contributed by atoms with E-state index in [9.17, 15) is 0 Å². The Labute approximate surface area is 122 Å². The Balaban J connectivity index is 2.80. The molecule has 0 aliphatic rings. The maximum Gasteiger partial charge on any atom is 0.192 e. The average molecular weight is 429 g/mol. The zero-order valence-electron chi connectivity index (χ0n) is 8.77. The first-order valence-electron chi connectivity index (χ1n) is 4.67. The summed E-state index contributed by atoms with van der Waals surface area (Å²) in [5.74, 6) is 0.805. The molecule has 0 aliphatic carbocycles. The van der Waals surface area contributed by atoms with Gasteiger partial charge < -0.3 is 4.42 Å². The van der Waals surface area contributed by atoms with Crippen LogP contribution in [0, 0.1) is 13.8 Å². The number of benzene rings is 1. The van der Waals surface area contributed by atoms with E-state index in [1.54, 1.807) is 0 Å². The summed E-state index contributed by atoms with van der Waals surface area (Å²) in [6, 6.07) is 4.17. The highest BCUT2D eigenvalue weighted by atomic mass is 80.0. The van der Waals surface area contributed by atoms with Crippen LogP contribution in [0.25, 0.3) is 11.0 Å². The predicted octanol–water partition coefficient (Wildman–Crippen LogP) is 4.85. The first kappa shape index (κ1) is 13.1. The summed E-state index contributed by atoms with van der Waals surface area (Å²) < 4.78 is 5.35. The summed E-state index contributed by atoms with van der Waals surface area (Å²) in [6.07, 6.45) is 0. The van der Waals surface area contributed by atoms with Crippen molar-refractivity contribution in [3.05, 3.63) is 29.0 Å². The summed E-state index contributed by atoms with van der Waals surface area (Å²) in [7, 11) is 2.77. The Bertz CT molecular complexity index is 554. The SMILES string of the molecule is Cc1cc(C)c2oc(C(Br)(Br)Br)cc2c1P. The van der Waals surface area contributed by atoms with Crippen LogP contribution in [-0.4, -0.2) is 0 Å². The fourth-order valence-corrected chi connectivity index (χ4v) is 2.59. The van der Waals surface area contributed by atoms with Crippen LogP contribution in [0.5, 0.6) is 0 Å². The number of halogens is 3. The summed E-state index contributed by atoms with van der Waals surface area (Å²) >= 11 is 10.4. The molecule has 0 fully saturated rings. The zero-order chi connectivity index (χ0) is 12.1. The maximum atomic E-state index is 5.85. The van der Waals surface area contributed by atoms with Crippen molar-refractivity contribution in [2.45, 2.75) is 16.0 Å². The van der Waals surface area contributed by atoms with Crippen LogP contribution in [0.3, 0.4) is 0 Å². The van der Waals surface area contributed by atoms with Gasteiger partial charge in [-0.2, -0.15) is 0 Å². The molecule has 1 aromatic carbocycles. The molecule has 0 radical (unpaired) electrons. The zero-order valence-corrected chi connectivity index (χ0v) is 14.7. The highest BCUT2D eigenvalue weighted by molar-refractivity contribution is 9.38. The summed E-state index contributed by atoms with van der Waals surface area (Å²) in [6.45, 7) is 4.16. The Morgan fingerprint density at radius 3 is 2.31 bits per heavy atom. The minimum absolute atomic E-state index is 0.497. The molecular formula is C11H10Br3OP. The van der Waals surface area contributed by atoms with Crippen LogP contribution >= 0.6 is 57.0 Å². The highest BCUT2D eigenvalue weighted by Crippen LogP contribution is 2.46. The molecule has 2 rings (SSSR count). The lowest BCUT2D eigenvalue weighted by atomic mass is 10.1. The second-order valence-corrected chi connectivity index (χ2v) is 11.1. The molecule has 1 heterocycles. The van der Waals surface area contributed by atoms with Crippen molar-refractivity contribution < 1.29 is 4.42 Å². The summed E-state index contributed by atoms with van der Waals surface area (Å²) in [5, 5.41) is 2.33. The van der Waals surface area contributed by atoms with Crippen LogP contribution in [0.1, 0.15) is 16.9 Å². The van der Waals surface area contributed by atoms with Gasteiger partial charge in [0.05, 0.1) is 0 Å². The van der Waals surface area contributed by atoms with Gasteiger partial charge in [-0.15, -0.1) is 9.24 Å². The first-order valence-corrected chi connectivity index (χ1v) is 7.62. The minimum atomic E-state index is -0.497. The molecular weight excluding hydrogens is 419 g/mol. The van der Waals surface area contributed by atoms with E-state index < -0.39 is 2.14 Å². The molecule has 0 N–H and O–H groups in total. The van der Waals surface area contributed by atoms with Crippen molar-refractivity contribution in [3.8, 4) is 0 Å². The van der Waals surface area contributed by atoms with E-state index in [4.69, 9.17) is 4.42 Å². The highest BCUT2D eigenvalue weighted by Gasteiger charge is 2.26. The van der Waals surface area contributed by atoms with Crippen molar-refractivity contribution in [1.29, 1.82) is 0 Å². The number of fused-ring (bicyclic) bond motifs is 1. The van der Waals surface area contributed by atoms with Crippen molar-refractivity contribution in [2.24, 2.45) is 0 Å². The van der Waals surface area contributed by atoms with Crippen molar-refractivity contribution >= 4 is 73.3 Å². The molecule has 1 nitrogen and oxygen atoms in total. The fraction of sp³-hybridized carbons (Fsp3) is 0.273. The number of hydrogen-bond donors (Lipinski definition) is 0. The summed E-state index contributed by atoms with van der Waals surface area (Å²) in [5.41, 5.74) is 3.35. The lowest BCUT2D eigenvalue weighted by Gasteiger charge is -2.06. The van der Waals surface area contributed by atoms with Gasteiger partial charge in [-0.1, -0.05) is 53.9 Å². The van der Waals surface area contributed by atoms with Gasteiger partial charge in [0.25, 0.3) is 0 Å². The molecule has 1 unspecified atom stereocenters. The third-order valence-electron chi connectivity index (χ3n) is 2.52. The molecule has 1 aromatic heterocycles. The number of rotatable bonds is 0. The van der Waals surface area contributed by atoms with Gasteiger partial charge in [0.15, 0.2) is 2.14 Å². The largest absolute Gasteiger partial charge is 0.457 e. The van der Waals surface area contributed by atoms with E-state index >= 15 is 0 Å². The topological polar surface area (TPSA) is 13.1 Å². The molecule has 86 valence electrons. The fourth-order valence-electron chi connectivity index (χ4n) is 1.70. The number of furan rings is 1.